The molecule has 2 saturated heterocycles. The molecule has 6 nitrogen and oxygen atoms in total. The van der Waals surface area contributed by atoms with Crippen LogP contribution >= 0.6 is 0 Å². The molecule has 0 bridgehead atoms. The van der Waals surface area contributed by atoms with Crippen molar-refractivity contribution in [1.82, 2.24) is 19.6 Å². The van der Waals surface area contributed by atoms with E-state index >= 15 is 0 Å². The minimum Gasteiger partial charge on any atom is -0.497 e. The van der Waals surface area contributed by atoms with Crippen LogP contribution in [0.1, 0.15) is 52.7 Å². The zero-order valence-corrected chi connectivity index (χ0v) is 29.9. The van der Waals surface area contributed by atoms with Gasteiger partial charge in [0.15, 0.2) is 0 Å². The molecule has 6 heteroatoms. The molecule has 0 radical (unpaired) electrons. The number of likely N-dealkylation sites (N-methyl/N-ethyl adjacent to an activating group) is 2. The molecular weight excluding hydrogens is 544 g/mol. The second kappa shape index (κ2) is 31.7. The van der Waals surface area contributed by atoms with Gasteiger partial charge in [0.25, 0.3) is 0 Å². The number of piperazine rings is 2. The number of rotatable bonds is 5. The highest BCUT2D eigenvalue weighted by Crippen LogP contribution is 2.08. The molecule has 2 heterocycles. The van der Waals surface area contributed by atoms with Crippen LogP contribution in [0.5, 0.6) is 5.75 Å². The summed E-state index contributed by atoms with van der Waals surface area (Å²) in [6, 6.07) is 31.1. The number of ether oxygens (including phenoxy) is 1. The third-order valence-electron chi connectivity index (χ3n) is 6.67. The van der Waals surface area contributed by atoms with Crippen molar-refractivity contribution >= 4 is 0 Å². The van der Waals surface area contributed by atoms with Crippen molar-refractivity contribution in [3.8, 4) is 5.75 Å². The van der Waals surface area contributed by atoms with E-state index in [0.717, 1.165) is 25.9 Å². The molecule has 2 fully saturated rings. The van der Waals surface area contributed by atoms with E-state index in [1.807, 2.05) is 71.9 Å². The Morgan fingerprint density at radius 2 is 0.750 bits per heavy atom. The minimum atomic E-state index is 0.910. The van der Waals surface area contributed by atoms with Crippen molar-refractivity contribution in [3.63, 3.8) is 0 Å². The molecule has 1 N–H and O–H groups in total. The van der Waals surface area contributed by atoms with E-state index in [2.05, 4.69) is 94.4 Å². The van der Waals surface area contributed by atoms with Gasteiger partial charge in [-0.15, -0.1) is 0 Å². The Bertz CT molecular complexity index is 869. The van der Waals surface area contributed by atoms with Crippen LogP contribution in [0.3, 0.4) is 0 Å². The summed E-state index contributed by atoms with van der Waals surface area (Å²) in [7, 11) is 7.05. The largest absolute Gasteiger partial charge is 0.497 e. The van der Waals surface area contributed by atoms with Gasteiger partial charge in [0.1, 0.15) is 5.75 Å². The van der Waals surface area contributed by atoms with Crippen LogP contribution in [0.4, 0.5) is 0 Å². The lowest BCUT2D eigenvalue weighted by molar-refractivity contribution is 0.148. The molecule has 5 rings (SSSR count). The van der Waals surface area contributed by atoms with Crippen LogP contribution in [0.2, 0.25) is 0 Å². The molecule has 0 atom stereocenters. The fourth-order valence-corrected chi connectivity index (χ4v) is 4.25. The number of aliphatic hydroxyl groups is 1. The molecule has 3 aromatic rings. The van der Waals surface area contributed by atoms with E-state index in [9.17, 15) is 0 Å². The molecular formula is C38H66N4O2. The lowest BCUT2D eigenvalue weighted by Crippen LogP contribution is -2.43. The van der Waals surface area contributed by atoms with Crippen molar-refractivity contribution in [3.05, 3.63) is 102 Å². The van der Waals surface area contributed by atoms with Gasteiger partial charge in [0.2, 0.25) is 0 Å². The zero-order chi connectivity index (χ0) is 33.4. The van der Waals surface area contributed by atoms with E-state index in [-0.39, 0.29) is 0 Å². The third-order valence-corrected chi connectivity index (χ3v) is 6.67. The maximum atomic E-state index is 7.00. The molecule has 250 valence electrons. The Morgan fingerprint density at radius 3 is 1.00 bits per heavy atom. The Labute approximate surface area is 272 Å². The van der Waals surface area contributed by atoms with Crippen molar-refractivity contribution in [2.24, 2.45) is 0 Å². The molecule has 0 amide bonds. The highest BCUT2D eigenvalue weighted by molar-refractivity contribution is 5.20. The second-order valence-electron chi connectivity index (χ2n) is 9.65. The van der Waals surface area contributed by atoms with Gasteiger partial charge in [0, 0.05) is 72.6 Å². The summed E-state index contributed by atoms with van der Waals surface area (Å²) in [5.74, 6) is 0.910. The first-order valence-electron chi connectivity index (χ1n) is 16.6. The van der Waals surface area contributed by atoms with Crippen LogP contribution < -0.4 is 4.74 Å². The number of benzene rings is 3. The number of methoxy groups -OCH3 is 1. The lowest BCUT2D eigenvalue weighted by Gasteiger charge is -2.32. The summed E-state index contributed by atoms with van der Waals surface area (Å²) in [4.78, 5) is 9.83. The van der Waals surface area contributed by atoms with Gasteiger partial charge in [-0.1, -0.05) is 120 Å². The molecule has 44 heavy (non-hydrogen) atoms. The molecule has 2 aliphatic rings. The predicted molar refractivity (Wildman–Crippen MR) is 194 cm³/mol. The van der Waals surface area contributed by atoms with Gasteiger partial charge >= 0.3 is 0 Å². The van der Waals surface area contributed by atoms with Crippen molar-refractivity contribution in [2.75, 3.05) is 80.7 Å². The highest BCUT2D eigenvalue weighted by Gasteiger charge is 2.14. The van der Waals surface area contributed by atoms with Crippen LogP contribution in [-0.2, 0) is 13.1 Å². The van der Waals surface area contributed by atoms with Crippen LogP contribution in [0.15, 0.2) is 91.0 Å². The standard InChI is InChI=1S/2C12H18N2.C7H8O.3C2H6.CH4O/c2*1-13-7-9-14(10-8-13)11-12-5-3-2-4-6-12;1-8-7-5-3-2-4-6-7;4*1-2/h2*2-6H,7-11H2,1H3;2-6H,1H3;3*1-2H3;2H,1H3. The zero-order valence-electron chi connectivity index (χ0n) is 29.9. The van der Waals surface area contributed by atoms with Crippen LogP contribution in [-0.4, -0.2) is 105 Å². The molecule has 0 unspecified atom stereocenters. The highest BCUT2D eigenvalue weighted by atomic mass is 16.5. The van der Waals surface area contributed by atoms with E-state index in [0.29, 0.717) is 0 Å². The van der Waals surface area contributed by atoms with Crippen molar-refractivity contribution in [2.45, 2.75) is 54.6 Å². The number of hydrogen-bond acceptors (Lipinski definition) is 6. The van der Waals surface area contributed by atoms with Gasteiger partial charge < -0.3 is 19.6 Å². The topological polar surface area (TPSA) is 42.4 Å². The maximum Gasteiger partial charge on any atom is 0.118 e. The summed E-state index contributed by atoms with van der Waals surface area (Å²) in [6.07, 6.45) is 0. The monoisotopic (exact) mass is 611 g/mol. The minimum absolute atomic E-state index is 0.910. The molecule has 0 aliphatic carbocycles. The fraction of sp³-hybridized carbons (Fsp3) is 0.526. The quantitative estimate of drug-likeness (QED) is 0.328. The summed E-state index contributed by atoms with van der Waals surface area (Å²) >= 11 is 0. The van der Waals surface area contributed by atoms with Crippen molar-refractivity contribution in [1.29, 1.82) is 0 Å². The van der Waals surface area contributed by atoms with Crippen LogP contribution in [0, 0.1) is 0 Å². The van der Waals surface area contributed by atoms with Gasteiger partial charge in [-0.2, -0.15) is 0 Å². The average Bonchev–Trinajstić information content (AvgIpc) is 3.12. The smallest absolute Gasteiger partial charge is 0.118 e. The Balaban J connectivity index is 0. The third kappa shape index (κ3) is 21.9. The Kier molecular flexibility index (Phi) is 31.2. The number of aliphatic hydroxyl groups excluding tert-OH is 1. The van der Waals surface area contributed by atoms with E-state index < -0.39 is 0 Å². The molecule has 0 aromatic heterocycles. The average molecular weight is 611 g/mol. The number of para-hydroxylation sites is 1. The summed E-state index contributed by atoms with van der Waals surface area (Å²) in [5, 5.41) is 7.00. The summed E-state index contributed by atoms with van der Waals surface area (Å²) in [5.41, 5.74) is 2.86. The number of hydrogen-bond donors (Lipinski definition) is 1. The lowest BCUT2D eigenvalue weighted by atomic mass is 10.2. The molecule has 0 saturated carbocycles. The first-order valence-corrected chi connectivity index (χ1v) is 16.6. The van der Waals surface area contributed by atoms with Gasteiger partial charge in [-0.25, -0.2) is 0 Å². The SMILES string of the molecule is CC.CC.CC.CN1CCN(Cc2ccccc2)CC1.CN1CCN(Cc2ccccc2)CC1.CO.COc1ccccc1. The first kappa shape index (κ1) is 43.4. The summed E-state index contributed by atoms with van der Waals surface area (Å²) < 4.78 is 4.91. The van der Waals surface area contributed by atoms with E-state index in [1.165, 1.54) is 63.5 Å². The van der Waals surface area contributed by atoms with Crippen molar-refractivity contribution < 1.29 is 9.84 Å². The normalized spacial score (nSPS) is 14.7. The Hall–Kier alpha value is -2.74. The molecule has 3 aromatic carbocycles. The van der Waals surface area contributed by atoms with E-state index in [4.69, 9.17) is 9.84 Å². The fourth-order valence-electron chi connectivity index (χ4n) is 4.25. The van der Waals surface area contributed by atoms with Gasteiger partial charge in [-0.05, 0) is 37.4 Å². The molecule has 0 spiro atoms. The first-order chi connectivity index (χ1) is 21.6. The molecule has 2 aliphatic heterocycles. The Morgan fingerprint density at radius 1 is 0.477 bits per heavy atom. The predicted octanol–water partition coefficient (Wildman–Crippen LogP) is 7.25. The second-order valence-corrected chi connectivity index (χ2v) is 9.65. The van der Waals surface area contributed by atoms with Gasteiger partial charge in [0.05, 0.1) is 7.11 Å². The summed E-state index contributed by atoms with van der Waals surface area (Å²) in [6.45, 7) is 23.8. The van der Waals surface area contributed by atoms with E-state index in [1.54, 1.807) is 7.11 Å². The van der Waals surface area contributed by atoms with Gasteiger partial charge in [-0.3, -0.25) is 9.80 Å². The number of nitrogens with zero attached hydrogens (tertiary/aromatic N) is 4. The maximum absolute atomic E-state index is 7.00. The van der Waals surface area contributed by atoms with Crippen LogP contribution in [0.25, 0.3) is 0 Å².